The van der Waals surface area contributed by atoms with Gasteiger partial charge in [-0.2, -0.15) is 4.98 Å². The fourth-order valence-corrected chi connectivity index (χ4v) is 3.19. The zero-order valence-corrected chi connectivity index (χ0v) is 17.6. The van der Waals surface area contributed by atoms with Crippen molar-refractivity contribution in [2.75, 3.05) is 49.6 Å². The van der Waals surface area contributed by atoms with Crippen LogP contribution in [0.25, 0.3) is 0 Å². The molecule has 0 spiro atoms. The molecule has 0 aromatic carbocycles. The Morgan fingerprint density at radius 2 is 1.88 bits per heavy atom. The van der Waals surface area contributed by atoms with Crippen molar-refractivity contribution in [3.05, 3.63) is 0 Å². The molecule has 1 aromatic heterocycles. The molecule has 0 bridgehead atoms. The van der Waals surface area contributed by atoms with Gasteiger partial charge in [-0.3, -0.25) is 9.69 Å². The minimum absolute atomic E-state index is 0.0871. The van der Waals surface area contributed by atoms with Gasteiger partial charge in [-0.1, -0.05) is 29.5 Å². The van der Waals surface area contributed by atoms with Crippen LogP contribution in [0.2, 0.25) is 0 Å². The molecule has 0 radical (unpaired) electrons. The SMILES string of the molecule is CC(I)Bc1nc(N(C)CC(N)=O)nc(N2CCN(C(C)C)CC2)n1. The predicted molar refractivity (Wildman–Crippen MR) is 111 cm³/mol. The van der Waals surface area contributed by atoms with Gasteiger partial charge in [0, 0.05) is 39.3 Å². The largest absolute Gasteiger partial charge is 0.368 e. The van der Waals surface area contributed by atoms with Crippen LogP contribution < -0.4 is 21.3 Å². The van der Waals surface area contributed by atoms with E-state index in [9.17, 15) is 4.79 Å². The Morgan fingerprint density at radius 3 is 2.40 bits per heavy atom. The number of nitrogens with zero attached hydrogens (tertiary/aromatic N) is 6. The van der Waals surface area contributed by atoms with E-state index in [2.05, 4.69) is 68.1 Å². The molecular weight excluding hydrogens is 432 g/mol. The Kier molecular flexibility index (Phi) is 7.23. The second-order valence-corrected chi connectivity index (χ2v) is 8.90. The Balaban J connectivity index is 2.22. The molecule has 0 aliphatic carbocycles. The first kappa shape index (κ1) is 20.2. The Morgan fingerprint density at radius 1 is 1.24 bits per heavy atom. The third-order valence-electron chi connectivity index (χ3n) is 4.18. The number of anilines is 2. The van der Waals surface area contributed by atoms with Crippen molar-refractivity contribution in [2.45, 2.75) is 30.6 Å². The third kappa shape index (κ3) is 5.94. The van der Waals surface area contributed by atoms with Crippen LogP contribution in [0.3, 0.4) is 0 Å². The highest BCUT2D eigenvalue weighted by Gasteiger charge is 2.23. The predicted octanol–water partition coefficient (Wildman–Crippen LogP) is -0.834. The summed E-state index contributed by atoms with van der Waals surface area (Å²) < 4.78 is 0.417. The Hall–Kier alpha value is -1.17. The van der Waals surface area contributed by atoms with Crippen LogP contribution in [-0.4, -0.2) is 82.7 Å². The summed E-state index contributed by atoms with van der Waals surface area (Å²) in [7, 11) is 2.54. The second kappa shape index (κ2) is 8.97. The van der Waals surface area contributed by atoms with Gasteiger partial charge < -0.3 is 15.5 Å². The minimum atomic E-state index is -0.404. The number of hydrogen-bond acceptors (Lipinski definition) is 7. The molecule has 2 rings (SSSR count). The van der Waals surface area contributed by atoms with Crippen LogP contribution in [0, 0.1) is 0 Å². The average molecular weight is 459 g/mol. The lowest BCUT2D eigenvalue weighted by atomic mass is 9.74. The second-order valence-electron chi connectivity index (χ2n) is 6.78. The van der Waals surface area contributed by atoms with Crippen molar-refractivity contribution in [1.29, 1.82) is 0 Å². The number of alkyl halides is 1. The quantitative estimate of drug-likeness (QED) is 0.324. The van der Waals surface area contributed by atoms with E-state index in [0.717, 1.165) is 39.2 Å². The average Bonchev–Trinajstić information content (AvgIpc) is 2.53. The van der Waals surface area contributed by atoms with Crippen molar-refractivity contribution in [3.63, 3.8) is 0 Å². The summed E-state index contributed by atoms with van der Waals surface area (Å²) in [5.41, 5.74) is 6.06. The molecule has 138 valence electrons. The van der Waals surface area contributed by atoms with Crippen LogP contribution in [-0.2, 0) is 4.79 Å². The van der Waals surface area contributed by atoms with Crippen LogP contribution in [0.4, 0.5) is 11.9 Å². The zero-order valence-electron chi connectivity index (χ0n) is 15.4. The van der Waals surface area contributed by atoms with E-state index in [-0.39, 0.29) is 6.54 Å². The molecule has 1 aliphatic heterocycles. The van der Waals surface area contributed by atoms with Gasteiger partial charge >= 0.3 is 0 Å². The highest BCUT2D eigenvalue weighted by atomic mass is 127. The lowest BCUT2D eigenvalue weighted by Crippen LogP contribution is -2.50. The zero-order chi connectivity index (χ0) is 18.6. The van der Waals surface area contributed by atoms with Gasteiger partial charge in [0.1, 0.15) is 0 Å². The number of likely N-dealkylation sites (N-methyl/N-ethyl adjacent to an activating group) is 1. The van der Waals surface area contributed by atoms with E-state index >= 15 is 0 Å². The summed E-state index contributed by atoms with van der Waals surface area (Å²) in [5, 5.41) is 0. The summed E-state index contributed by atoms with van der Waals surface area (Å²) in [6.45, 7) is 10.4. The third-order valence-corrected chi connectivity index (χ3v) is 4.62. The van der Waals surface area contributed by atoms with Gasteiger partial charge in [0.15, 0.2) is 0 Å². The fourth-order valence-electron chi connectivity index (χ4n) is 2.79. The normalized spacial score (nSPS) is 16.8. The number of aromatic nitrogens is 3. The van der Waals surface area contributed by atoms with Gasteiger partial charge in [-0.25, -0.2) is 9.97 Å². The maximum atomic E-state index is 11.2. The van der Waals surface area contributed by atoms with Crippen molar-refractivity contribution in [1.82, 2.24) is 19.9 Å². The van der Waals surface area contributed by atoms with E-state index in [4.69, 9.17) is 5.73 Å². The molecule has 25 heavy (non-hydrogen) atoms. The van der Waals surface area contributed by atoms with Gasteiger partial charge in [0.2, 0.25) is 25.1 Å². The molecular formula is C15H27BIN7O. The number of carbonyl (C=O) groups excluding carboxylic acids is 1. The van der Waals surface area contributed by atoms with Crippen molar-refractivity contribution in [3.8, 4) is 0 Å². The van der Waals surface area contributed by atoms with Crippen molar-refractivity contribution >= 4 is 53.4 Å². The highest BCUT2D eigenvalue weighted by molar-refractivity contribution is 14.1. The van der Waals surface area contributed by atoms with E-state index in [0.29, 0.717) is 21.8 Å². The fraction of sp³-hybridized carbons (Fsp3) is 0.733. The van der Waals surface area contributed by atoms with Gasteiger partial charge in [-0.15, -0.1) is 0 Å². The standard InChI is InChI=1S/C15H27BIN7O/c1-10(2)23-5-7-24(8-6-23)15-20-13(16-11(3)17)19-14(21-15)22(4)9-12(18)25/h10-11,16H,5-9H2,1-4H3,(H2,18,25). The number of halogens is 1. The molecule has 1 unspecified atom stereocenters. The summed E-state index contributed by atoms with van der Waals surface area (Å²) in [6.07, 6.45) is 0. The number of hydrogen-bond donors (Lipinski definition) is 1. The maximum Gasteiger partial charge on any atom is 0.237 e. The topological polar surface area (TPSA) is 91.5 Å². The summed E-state index contributed by atoms with van der Waals surface area (Å²) in [6, 6.07) is 0.549. The van der Waals surface area contributed by atoms with E-state index in [1.54, 1.807) is 11.9 Å². The lowest BCUT2D eigenvalue weighted by molar-refractivity contribution is -0.116. The first-order valence-electron chi connectivity index (χ1n) is 8.63. The smallest absolute Gasteiger partial charge is 0.237 e. The number of carbonyl (C=O) groups is 1. The molecule has 1 aromatic rings. The maximum absolute atomic E-state index is 11.2. The van der Waals surface area contributed by atoms with E-state index in [1.807, 2.05) is 0 Å². The number of amides is 1. The van der Waals surface area contributed by atoms with Crippen LogP contribution >= 0.6 is 22.6 Å². The Labute approximate surface area is 163 Å². The van der Waals surface area contributed by atoms with Gasteiger partial charge in [-0.05, 0) is 17.7 Å². The molecule has 1 saturated heterocycles. The highest BCUT2D eigenvalue weighted by Crippen LogP contribution is 2.14. The molecule has 1 aliphatic rings. The first-order chi connectivity index (χ1) is 11.8. The van der Waals surface area contributed by atoms with Crippen LogP contribution in [0.15, 0.2) is 0 Å². The molecule has 10 heteroatoms. The molecule has 1 atom stereocenters. The first-order valence-corrected chi connectivity index (χ1v) is 9.88. The number of primary amides is 1. The van der Waals surface area contributed by atoms with Crippen LogP contribution in [0.1, 0.15) is 20.8 Å². The Bertz CT molecular complexity index is 593. The molecule has 1 amide bonds. The molecule has 2 N–H and O–H groups in total. The molecule has 0 saturated carbocycles. The number of rotatable bonds is 7. The summed E-state index contributed by atoms with van der Waals surface area (Å²) >= 11 is 2.36. The van der Waals surface area contributed by atoms with Crippen molar-refractivity contribution in [2.24, 2.45) is 5.73 Å². The number of nitrogens with two attached hydrogens (primary N) is 1. The van der Waals surface area contributed by atoms with E-state index in [1.165, 1.54) is 0 Å². The molecule has 1 fully saturated rings. The van der Waals surface area contributed by atoms with Gasteiger partial charge in [0.05, 0.1) is 12.3 Å². The summed E-state index contributed by atoms with van der Waals surface area (Å²) in [4.78, 5) is 31.3. The summed E-state index contributed by atoms with van der Waals surface area (Å²) in [5.74, 6) is 0.790. The molecule has 2 heterocycles. The number of piperazine rings is 1. The van der Waals surface area contributed by atoms with Gasteiger partial charge in [0.25, 0.3) is 0 Å². The van der Waals surface area contributed by atoms with Crippen LogP contribution in [0.5, 0.6) is 0 Å². The minimum Gasteiger partial charge on any atom is -0.368 e. The van der Waals surface area contributed by atoms with Crippen molar-refractivity contribution < 1.29 is 4.79 Å². The molecule has 8 nitrogen and oxygen atoms in total. The lowest BCUT2D eigenvalue weighted by Gasteiger charge is -2.37. The van der Waals surface area contributed by atoms with E-state index < -0.39 is 5.91 Å². The monoisotopic (exact) mass is 459 g/mol.